The number of hydrogen-bond acceptors (Lipinski definition) is 3. The zero-order valence-corrected chi connectivity index (χ0v) is 9.78. The Bertz CT molecular complexity index is 349. The lowest BCUT2D eigenvalue weighted by molar-refractivity contribution is 0.0645. The summed E-state index contributed by atoms with van der Waals surface area (Å²) < 4.78 is 13.4. The van der Waals surface area contributed by atoms with Gasteiger partial charge in [0.15, 0.2) is 0 Å². The summed E-state index contributed by atoms with van der Waals surface area (Å²) in [4.78, 5) is 1.72. The SMILES string of the molecule is CN(Cc1cc(Cl)ccc1F)CC(O)CO. The molecule has 0 aliphatic carbocycles. The van der Waals surface area contributed by atoms with Crippen molar-refractivity contribution in [1.82, 2.24) is 4.90 Å². The second-order valence-electron chi connectivity index (χ2n) is 3.77. The minimum Gasteiger partial charge on any atom is -0.394 e. The number of halogens is 2. The highest BCUT2D eigenvalue weighted by Crippen LogP contribution is 2.16. The molecule has 1 aromatic carbocycles. The molecule has 16 heavy (non-hydrogen) atoms. The van der Waals surface area contributed by atoms with E-state index >= 15 is 0 Å². The maximum atomic E-state index is 13.4. The monoisotopic (exact) mass is 247 g/mol. The Hall–Kier alpha value is -0.680. The van der Waals surface area contributed by atoms with Crippen LogP contribution in [-0.4, -0.2) is 41.4 Å². The molecule has 0 heterocycles. The number of aliphatic hydroxyl groups excluding tert-OH is 2. The molecule has 0 bridgehead atoms. The van der Waals surface area contributed by atoms with Gasteiger partial charge in [0.2, 0.25) is 0 Å². The third-order valence-electron chi connectivity index (χ3n) is 2.18. The van der Waals surface area contributed by atoms with E-state index in [1.54, 1.807) is 18.0 Å². The number of benzene rings is 1. The molecule has 1 unspecified atom stereocenters. The smallest absolute Gasteiger partial charge is 0.127 e. The minimum atomic E-state index is -0.813. The third kappa shape index (κ3) is 4.06. The fraction of sp³-hybridized carbons (Fsp3) is 0.455. The number of likely N-dealkylation sites (N-methyl/N-ethyl adjacent to an activating group) is 1. The van der Waals surface area contributed by atoms with Gasteiger partial charge in [-0.25, -0.2) is 4.39 Å². The largest absolute Gasteiger partial charge is 0.394 e. The summed E-state index contributed by atoms with van der Waals surface area (Å²) in [5, 5.41) is 18.4. The molecule has 2 N–H and O–H groups in total. The maximum Gasteiger partial charge on any atom is 0.127 e. The molecule has 0 amide bonds. The van der Waals surface area contributed by atoms with Crippen LogP contribution in [0.15, 0.2) is 18.2 Å². The van der Waals surface area contributed by atoms with Gasteiger partial charge >= 0.3 is 0 Å². The zero-order chi connectivity index (χ0) is 12.1. The highest BCUT2D eigenvalue weighted by Gasteiger charge is 2.10. The summed E-state index contributed by atoms with van der Waals surface area (Å²) in [5.74, 6) is -0.324. The molecule has 0 radical (unpaired) electrons. The first kappa shape index (κ1) is 13.4. The fourth-order valence-electron chi connectivity index (χ4n) is 1.44. The standard InChI is InChI=1S/C11H15ClFNO2/c1-14(6-10(16)7-15)5-8-4-9(12)2-3-11(8)13/h2-4,10,15-16H,5-7H2,1H3. The van der Waals surface area contributed by atoms with Crippen LogP contribution in [0.5, 0.6) is 0 Å². The summed E-state index contributed by atoms with van der Waals surface area (Å²) >= 11 is 5.76. The molecule has 0 spiro atoms. The number of nitrogens with zero attached hydrogens (tertiary/aromatic N) is 1. The topological polar surface area (TPSA) is 43.7 Å². The third-order valence-corrected chi connectivity index (χ3v) is 2.42. The van der Waals surface area contributed by atoms with Crippen molar-refractivity contribution in [2.75, 3.05) is 20.2 Å². The average Bonchev–Trinajstić information content (AvgIpc) is 2.23. The van der Waals surface area contributed by atoms with Crippen molar-refractivity contribution < 1.29 is 14.6 Å². The Morgan fingerprint density at radius 1 is 1.50 bits per heavy atom. The van der Waals surface area contributed by atoms with Crippen molar-refractivity contribution in [1.29, 1.82) is 0 Å². The summed E-state index contributed by atoms with van der Waals surface area (Å²) in [6.45, 7) is 0.314. The van der Waals surface area contributed by atoms with Gasteiger partial charge in [-0.2, -0.15) is 0 Å². The van der Waals surface area contributed by atoms with Crippen LogP contribution in [0.2, 0.25) is 5.02 Å². The normalized spacial score (nSPS) is 13.1. The lowest BCUT2D eigenvalue weighted by Gasteiger charge is -2.19. The predicted molar refractivity (Wildman–Crippen MR) is 60.8 cm³/mol. The van der Waals surface area contributed by atoms with Crippen molar-refractivity contribution in [3.63, 3.8) is 0 Å². The van der Waals surface area contributed by atoms with Gasteiger partial charge in [0.1, 0.15) is 5.82 Å². The summed E-state index contributed by atoms with van der Waals surface area (Å²) in [7, 11) is 1.74. The van der Waals surface area contributed by atoms with E-state index < -0.39 is 6.10 Å². The van der Waals surface area contributed by atoms with Gasteiger partial charge in [-0.1, -0.05) is 11.6 Å². The minimum absolute atomic E-state index is 0.280. The summed E-state index contributed by atoms with van der Waals surface area (Å²) in [6, 6.07) is 4.36. The molecule has 1 atom stereocenters. The highest BCUT2D eigenvalue weighted by atomic mass is 35.5. The van der Waals surface area contributed by atoms with Crippen molar-refractivity contribution in [2.45, 2.75) is 12.6 Å². The molecular weight excluding hydrogens is 233 g/mol. The maximum absolute atomic E-state index is 13.4. The lowest BCUT2D eigenvalue weighted by atomic mass is 10.2. The fourth-order valence-corrected chi connectivity index (χ4v) is 1.63. The van der Waals surface area contributed by atoms with Gasteiger partial charge in [-0.05, 0) is 25.2 Å². The van der Waals surface area contributed by atoms with Gasteiger partial charge < -0.3 is 10.2 Å². The molecule has 0 aromatic heterocycles. The van der Waals surface area contributed by atoms with Crippen LogP contribution in [-0.2, 0) is 6.54 Å². The Morgan fingerprint density at radius 3 is 2.81 bits per heavy atom. The second kappa shape index (κ2) is 6.15. The van der Waals surface area contributed by atoms with Crippen LogP contribution in [0, 0.1) is 5.82 Å². The van der Waals surface area contributed by atoms with E-state index in [-0.39, 0.29) is 19.0 Å². The highest BCUT2D eigenvalue weighted by molar-refractivity contribution is 6.30. The Morgan fingerprint density at radius 2 is 2.19 bits per heavy atom. The molecular formula is C11H15ClFNO2. The molecule has 0 saturated carbocycles. The first-order valence-electron chi connectivity index (χ1n) is 4.94. The van der Waals surface area contributed by atoms with E-state index in [9.17, 15) is 9.50 Å². The molecule has 0 aliphatic heterocycles. The molecule has 90 valence electrons. The Balaban J connectivity index is 2.61. The number of aliphatic hydroxyl groups is 2. The van der Waals surface area contributed by atoms with Gasteiger partial charge in [-0.3, -0.25) is 4.90 Å². The van der Waals surface area contributed by atoms with Gasteiger partial charge in [0.25, 0.3) is 0 Å². The Labute approximate surface area is 99.1 Å². The zero-order valence-electron chi connectivity index (χ0n) is 9.03. The summed E-state index contributed by atoms with van der Waals surface area (Å²) in [5.41, 5.74) is 0.472. The van der Waals surface area contributed by atoms with Crippen LogP contribution in [0.3, 0.4) is 0 Å². The van der Waals surface area contributed by atoms with E-state index in [2.05, 4.69) is 0 Å². The van der Waals surface area contributed by atoms with Gasteiger partial charge in [-0.15, -0.1) is 0 Å². The molecule has 3 nitrogen and oxygen atoms in total. The molecule has 0 fully saturated rings. The first-order valence-corrected chi connectivity index (χ1v) is 5.32. The van der Waals surface area contributed by atoms with Crippen molar-refractivity contribution >= 4 is 11.6 Å². The van der Waals surface area contributed by atoms with Gasteiger partial charge in [0.05, 0.1) is 12.7 Å². The molecule has 1 aromatic rings. The first-order chi connectivity index (χ1) is 7.52. The van der Waals surface area contributed by atoms with E-state index in [4.69, 9.17) is 16.7 Å². The molecule has 0 saturated heterocycles. The van der Waals surface area contributed by atoms with E-state index in [0.717, 1.165) is 0 Å². The summed E-state index contributed by atoms with van der Waals surface area (Å²) in [6.07, 6.45) is -0.813. The van der Waals surface area contributed by atoms with Crippen molar-refractivity contribution in [2.24, 2.45) is 0 Å². The van der Waals surface area contributed by atoms with Crippen LogP contribution >= 0.6 is 11.6 Å². The van der Waals surface area contributed by atoms with E-state index in [1.165, 1.54) is 12.1 Å². The van der Waals surface area contributed by atoms with Crippen molar-refractivity contribution in [3.05, 3.63) is 34.6 Å². The van der Waals surface area contributed by atoms with E-state index in [1.807, 2.05) is 0 Å². The molecule has 5 heteroatoms. The predicted octanol–water partition coefficient (Wildman–Crippen LogP) is 1.26. The second-order valence-corrected chi connectivity index (χ2v) is 4.21. The quantitative estimate of drug-likeness (QED) is 0.824. The van der Waals surface area contributed by atoms with Crippen LogP contribution < -0.4 is 0 Å². The van der Waals surface area contributed by atoms with Crippen LogP contribution in [0.25, 0.3) is 0 Å². The van der Waals surface area contributed by atoms with Crippen LogP contribution in [0.1, 0.15) is 5.56 Å². The average molecular weight is 248 g/mol. The molecule has 0 aliphatic rings. The van der Waals surface area contributed by atoms with E-state index in [0.29, 0.717) is 17.1 Å². The van der Waals surface area contributed by atoms with Crippen molar-refractivity contribution in [3.8, 4) is 0 Å². The Kier molecular flexibility index (Phi) is 5.15. The van der Waals surface area contributed by atoms with Crippen LogP contribution in [0.4, 0.5) is 4.39 Å². The lowest BCUT2D eigenvalue weighted by Crippen LogP contribution is -2.31. The molecule has 1 rings (SSSR count). The number of rotatable bonds is 5. The number of hydrogen-bond donors (Lipinski definition) is 2. The van der Waals surface area contributed by atoms with Gasteiger partial charge in [0, 0.05) is 23.7 Å².